The number of nitrogens with zero attached hydrogens (tertiary/aromatic N) is 1. The molecule has 0 saturated carbocycles. The van der Waals surface area contributed by atoms with Crippen molar-refractivity contribution in [3.05, 3.63) is 35.4 Å². The van der Waals surface area contributed by atoms with Gasteiger partial charge in [0.25, 0.3) is 5.91 Å². The number of nitrogens with one attached hydrogen (secondary N) is 2. The van der Waals surface area contributed by atoms with Crippen LogP contribution in [0.25, 0.3) is 0 Å². The number of hydrogen-bond acceptors (Lipinski definition) is 5. The molecule has 2 fully saturated rings. The van der Waals surface area contributed by atoms with Gasteiger partial charge in [-0.25, -0.2) is 0 Å². The highest BCUT2D eigenvalue weighted by Crippen LogP contribution is 2.09. The van der Waals surface area contributed by atoms with E-state index in [0.717, 1.165) is 45.0 Å². The molecule has 2 saturated heterocycles. The molecule has 1 amide bonds. The molecule has 2 aliphatic rings. The molecule has 1 aromatic carbocycles. The summed E-state index contributed by atoms with van der Waals surface area (Å²) in [5.41, 5.74) is 2.40. The number of benzene rings is 1. The van der Waals surface area contributed by atoms with E-state index in [4.69, 9.17) is 9.47 Å². The van der Waals surface area contributed by atoms with Crippen LogP contribution in [-0.2, 0) is 27.4 Å². The fourth-order valence-corrected chi connectivity index (χ4v) is 2.82. The third kappa shape index (κ3) is 5.00. The maximum atomic E-state index is 12.0. The summed E-state index contributed by atoms with van der Waals surface area (Å²) in [5, 5.41) is 6.10. The van der Waals surface area contributed by atoms with Crippen LogP contribution in [0, 0.1) is 0 Å². The molecule has 23 heavy (non-hydrogen) atoms. The Morgan fingerprint density at radius 2 is 1.91 bits per heavy atom. The number of carbonyl (C=O) groups excluding carboxylic acids is 1. The standard InChI is InChI=1S/C17H25N3O3/c21-17(16-12-18-5-8-23-16)19-11-14-1-3-15(4-2-14)13-20-6-9-22-10-7-20/h1-4,16,18H,5-13H2,(H,19,21). The quantitative estimate of drug-likeness (QED) is 0.807. The van der Waals surface area contributed by atoms with E-state index >= 15 is 0 Å². The second-order valence-electron chi connectivity index (χ2n) is 5.99. The number of amides is 1. The van der Waals surface area contributed by atoms with Gasteiger partial charge in [0, 0.05) is 39.3 Å². The lowest BCUT2D eigenvalue weighted by atomic mass is 10.1. The minimum atomic E-state index is -0.371. The highest BCUT2D eigenvalue weighted by atomic mass is 16.5. The van der Waals surface area contributed by atoms with Gasteiger partial charge in [-0.2, -0.15) is 0 Å². The first-order valence-electron chi connectivity index (χ1n) is 8.29. The first kappa shape index (κ1) is 16.4. The average Bonchev–Trinajstić information content (AvgIpc) is 2.62. The smallest absolute Gasteiger partial charge is 0.250 e. The van der Waals surface area contributed by atoms with Gasteiger partial charge in [-0.3, -0.25) is 9.69 Å². The third-order valence-electron chi connectivity index (χ3n) is 4.22. The number of rotatable bonds is 5. The van der Waals surface area contributed by atoms with Crippen molar-refractivity contribution in [3.63, 3.8) is 0 Å². The Morgan fingerprint density at radius 3 is 2.61 bits per heavy atom. The molecule has 2 aliphatic heterocycles. The van der Waals surface area contributed by atoms with Crippen LogP contribution in [0.5, 0.6) is 0 Å². The first-order valence-corrected chi connectivity index (χ1v) is 8.29. The zero-order chi connectivity index (χ0) is 15.9. The Balaban J connectivity index is 1.44. The average molecular weight is 319 g/mol. The van der Waals surface area contributed by atoms with E-state index in [2.05, 4.69) is 39.8 Å². The van der Waals surface area contributed by atoms with Gasteiger partial charge in [-0.15, -0.1) is 0 Å². The number of morpholine rings is 2. The van der Waals surface area contributed by atoms with E-state index in [1.807, 2.05) is 0 Å². The minimum absolute atomic E-state index is 0.0467. The van der Waals surface area contributed by atoms with E-state index in [-0.39, 0.29) is 12.0 Å². The molecule has 126 valence electrons. The Bertz CT molecular complexity index is 494. The van der Waals surface area contributed by atoms with Crippen molar-refractivity contribution in [1.29, 1.82) is 0 Å². The number of ether oxygens (including phenoxy) is 2. The molecular formula is C17H25N3O3. The Labute approximate surface area is 137 Å². The van der Waals surface area contributed by atoms with Crippen LogP contribution in [0.1, 0.15) is 11.1 Å². The molecule has 0 aromatic heterocycles. The van der Waals surface area contributed by atoms with Crippen molar-refractivity contribution in [2.75, 3.05) is 46.0 Å². The third-order valence-corrected chi connectivity index (χ3v) is 4.22. The fourth-order valence-electron chi connectivity index (χ4n) is 2.82. The summed E-state index contributed by atoms with van der Waals surface area (Å²) in [6, 6.07) is 8.43. The van der Waals surface area contributed by atoms with E-state index in [1.165, 1.54) is 5.56 Å². The van der Waals surface area contributed by atoms with Crippen LogP contribution in [0.2, 0.25) is 0 Å². The van der Waals surface area contributed by atoms with Gasteiger partial charge >= 0.3 is 0 Å². The van der Waals surface area contributed by atoms with E-state index in [0.29, 0.717) is 19.7 Å². The van der Waals surface area contributed by atoms with Gasteiger partial charge in [0.05, 0.1) is 19.8 Å². The predicted molar refractivity (Wildman–Crippen MR) is 87.0 cm³/mol. The lowest BCUT2D eigenvalue weighted by Gasteiger charge is -2.26. The molecule has 0 bridgehead atoms. The van der Waals surface area contributed by atoms with Gasteiger partial charge in [-0.05, 0) is 11.1 Å². The summed E-state index contributed by atoms with van der Waals surface area (Å²) in [6.45, 7) is 7.12. The molecule has 1 unspecified atom stereocenters. The normalized spacial score (nSPS) is 22.7. The first-order chi connectivity index (χ1) is 11.3. The van der Waals surface area contributed by atoms with E-state index in [9.17, 15) is 4.79 Å². The summed E-state index contributed by atoms with van der Waals surface area (Å²) < 4.78 is 10.8. The number of carbonyl (C=O) groups is 1. The van der Waals surface area contributed by atoms with Crippen LogP contribution in [0.15, 0.2) is 24.3 Å². The molecule has 0 spiro atoms. The lowest BCUT2D eigenvalue weighted by Crippen LogP contribution is -2.47. The minimum Gasteiger partial charge on any atom is -0.379 e. The van der Waals surface area contributed by atoms with Crippen LogP contribution in [-0.4, -0.2) is 62.9 Å². The van der Waals surface area contributed by atoms with Crippen molar-refractivity contribution in [2.24, 2.45) is 0 Å². The van der Waals surface area contributed by atoms with Crippen molar-refractivity contribution in [2.45, 2.75) is 19.2 Å². The van der Waals surface area contributed by atoms with E-state index < -0.39 is 0 Å². The second kappa shape index (κ2) is 8.40. The molecule has 1 aromatic rings. The predicted octanol–water partition coefficient (Wildman–Crippen LogP) is 0.123. The number of hydrogen-bond donors (Lipinski definition) is 2. The Hall–Kier alpha value is -1.47. The van der Waals surface area contributed by atoms with Gasteiger partial charge in [0.15, 0.2) is 0 Å². The summed E-state index contributed by atoms with van der Waals surface area (Å²) in [4.78, 5) is 14.4. The van der Waals surface area contributed by atoms with Gasteiger partial charge < -0.3 is 20.1 Å². The Kier molecular flexibility index (Phi) is 5.99. The highest BCUT2D eigenvalue weighted by Gasteiger charge is 2.21. The molecule has 2 N–H and O–H groups in total. The summed E-state index contributed by atoms with van der Waals surface area (Å²) >= 11 is 0. The monoisotopic (exact) mass is 319 g/mol. The molecule has 1 atom stereocenters. The summed E-state index contributed by atoms with van der Waals surface area (Å²) in [6.07, 6.45) is -0.371. The largest absolute Gasteiger partial charge is 0.379 e. The zero-order valence-corrected chi connectivity index (χ0v) is 13.4. The fraction of sp³-hybridized carbons (Fsp3) is 0.588. The van der Waals surface area contributed by atoms with Crippen molar-refractivity contribution in [3.8, 4) is 0 Å². The maximum absolute atomic E-state index is 12.0. The summed E-state index contributed by atoms with van der Waals surface area (Å²) in [7, 11) is 0. The molecule has 3 rings (SSSR count). The van der Waals surface area contributed by atoms with Crippen LogP contribution < -0.4 is 10.6 Å². The van der Waals surface area contributed by atoms with Gasteiger partial charge in [0.2, 0.25) is 0 Å². The van der Waals surface area contributed by atoms with Crippen LogP contribution in [0.3, 0.4) is 0 Å². The summed E-state index contributed by atoms with van der Waals surface area (Å²) in [5.74, 6) is -0.0467. The highest BCUT2D eigenvalue weighted by molar-refractivity contribution is 5.81. The zero-order valence-electron chi connectivity index (χ0n) is 13.4. The van der Waals surface area contributed by atoms with Crippen molar-refractivity contribution in [1.82, 2.24) is 15.5 Å². The van der Waals surface area contributed by atoms with Gasteiger partial charge in [-0.1, -0.05) is 24.3 Å². The van der Waals surface area contributed by atoms with Crippen molar-refractivity contribution < 1.29 is 14.3 Å². The molecular weight excluding hydrogens is 294 g/mol. The maximum Gasteiger partial charge on any atom is 0.250 e. The van der Waals surface area contributed by atoms with Crippen LogP contribution >= 0.6 is 0 Å². The topological polar surface area (TPSA) is 62.8 Å². The van der Waals surface area contributed by atoms with Gasteiger partial charge in [0.1, 0.15) is 6.10 Å². The SMILES string of the molecule is O=C(NCc1ccc(CN2CCOCC2)cc1)C1CNCCO1. The molecule has 2 heterocycles. The van der Waals surface area contributed by atoms with E-state index in [1.54, 1.807) is 0 Å². The molecule has 0 radical (unpaired) electrons. The lowest BCUT2D eigenvalue weighted by molar-refractivity contribution is -0.134. The molecule has 6 heteroatoms. The molecule has 6 nitrogen and oxygen atoms in total. The second-order valence-corrected chi connectivity index (χ2v) is 5.99. The van der Waals surface area contributed by atoms with Crippen LogP contribution in [0.4, 0.5) is 0 Å². The van der Waals surface area contributed by atoms with Crippen molar-refractivity contribution >= 4 is 5.91 Å². The Morgan fingerprint density at radius 1 is 1.17 bits per heavy atom. The molecule has 0 aliphatic carbocycles.